The molecular formula is C9H6ClIOS. The normalized spacial score (nSPS) is 11.0. The fourth-order valence-electron chi connectivity index (χ4n) is 1.25. The molecular weight excluding hydrogens is 319 g/mol. The zero-order chi connectivity index (χ0) is 9.42. The van der Waals surface area contributed by atoms with Gasteiger partial charge in [0.05, 0.1) is 16.3 Å². The van der Waals surface area contributed by atoms with Crippen LogP contribution in [-0.2, 0) is 6.61 Å². The average molecular weight is 325 g/mol. The largest absolute Gasteiger partial charge is 0.392 e. The molecule has 0 bridgehead atoms. The molecule has 0 aliphatic carbocycles. The third-order valence-electron chi connectivity index (χ3n) is 1.87. The first-order valence-electron chi connectivity index (χ1n) is 3.69. The van der Waals surface area contributed by atoms with Crippen molar-refractivity contribution in [3.05, 3.63) is 31.7 Å². The molecule has 0 spiro atoms. The summed E-state index contributed by atoms with van der Waals surface area (Å²) in [5.74, 6) is 0. The van der Waals surface area contributed by atoms with E-state index in [2.05, 4.69) is 22.6 Å². The van der Waals surface area contributed by atoms with E-state index in [-0.39, 0.29) is 6.61 Å². The van der Waals surface area contributed by atoms with Crippen LogP contribution in [0, 0.1) is 3.57 Å². The molecule has 2 aromatic rings. The summed E-state index contributed by atoms with van der Waals surface area (Å²) in [6.45, 7) is 0.0797. The number of aliphatic hydroxyl groups excluding tert-OH is 1. The van der Waals surface area contributed by atoms with Crippen LogP contribution in [-0.4, -0.2) is 5.11 Å². The average Bonchev–Trinajstić information content (AvgIpc) is 2.56. The van der Waals surface area contributed by atoms with Gasteiger partial charge in [-0.15, -0.1) is 11.3 Å². The highest BCUT2D eigenvalue weighted by atomic mass is 127. The van der Waals surface area contributed by atoms with Crippen LogP contribution in [0.15, 0.2) is 17.5 Å². The van der Waals surface area contributed by atoms with Crippen molar-refractivity contribution in [1.29, 1.82) is 0 Å². The number of rotatable bonds is 1. The number of thiophene rings is 1. The lowest BCUT2D eigenvalue weighted by atomic mass is 10.2. The van der Waals surface area contributed by atoms with Crippen molar-refractivity contribution in [3.63, 3.8) is 0 Å². The topological polar surface area (TPSA) is 20.2 Å². The van der Waals surface area contributed by atoms with Gasteiger partial charge in [-0.1, -0.05) is 11.6 Å². The van der Waals surface area contributed by atoms with Crippen LogP contribution in [0.5, 0.6) is 0 Å². The molecule has 4 heteroatoms. The monoisotopic (exact) mass is 324 g/mol. The molecule has 2 rings (SSSR count). The number of benzene rings is 1. The lowest BCUT2D eigenvalue weighted by Gasteiger charge is -1.98. The summed E-state index contributed by atoms with van der Waals surface area (Å²) in [4.78, 5) is 0. The minimum Gasteiger partial charge on any atom is -0.392 e. The summed E-state index contributed by atoms with van der Waals surface area (Å²) in [5, 5.41) is 12.9. The fraction of sp³-hybridized carbons (Fsp3) is 0.111. The first-order valence-corrected chi connectivity index (χ1v) is 6.02. The molecule has 1 aromatic heterocycles. The van der Waals surface area contributed by atoms with E-state index in [9.17, 15) is 0 Å². The third-order valence-corrected chi connectivity index (χ3v) is 4.26. The van der Waals surface area contributed by atoms with Gasteiger partial charge in [0.15, 0.2) is 0 Å². The summed E-state index contributed by atoms with van der Waals surface area (Å²) in [7, 11) is 0. The highest BCUT2D eigenvalue weighted by Gasteiger charge is 2.09. The molecule has 0 aliphatic heterocycles. The number of fused-ring (bicyclic) bond motifs is 1. The standard InChI is InChI=1S/C9H6ClIOS/c10-6-1-2-7(11)8-5(3-12)4-13-9(6)8/h1-2,4,12H,3H2. The van der Waals surface area contributed by atoms with Crippen molar-refractivity contribution in [2.24, 2.45) is 0 Å². The molecule has 0 saturated heterocycles. The smallest absolute Gasteiger partial charge is 0.0696 e. The van der Waals surface area contributed by atoms with Gasteiger partial charge in [0, 0.05) is 8.96 Å². The molecule has 1 heterocycles. The molecule has 0 aliphatic rings. The predicted molar refractivity (Wildman–Crippen MR) is 65.5 cm³/mol. The second-order valence-electron chi connectivity index (χ2n) is 2.65. The van der Waals surface area contributed by atoms with E-state index in [4.69, 9.17) is 16.7 Å². The summed E-state index contributed by atoms with van der Waals surface area (Å²) in [6, 6.07) is 3.86. The first-order chi connectivity index (χ1) is 6.24. The predicted octanol–water partition coefficient (Wildman–Crippen LogP) is 3.65. The Kier molecular flexibility index (Phi) is 2.78. The molecule has 0 saturated carbocycles. The van der Waals surface area contributed by atoms with Crippen LogP contribution in [0.4, 0.5) is 0 Å². The van der Waals surface area contributed by atoms with E-state index in [0.717, 1.165) is 24.2 Å². The Balaban J connectivity index is 2.87. The Hall–Kier alpha value is 0.160. The van der Waals surface area contributed by atoms with E-state index in [1.165, 1.54) is 0 Å². The van der Waals surface area contributed by atoms with E-state index >= 15 is 0 Å². The molecule has 1 nitrogen and oxygen atoms in total. The summed E-state index contributed by atoms with van der Waals surface area (Å²) in [6.07, 6.45) is 0. The SMILES string of the molecule is OCc1csc2c(Cl)ccc(I)c12. The second kappa shape index (κ2) is 3.73. The summed E-state index contributed by atoms with van der Waals surface area (Å²) >= 11 is 9.86. The van der Waals surface area contributed by atoms with E-state index < -0.39 is 0 Å². The molecule has 13 heavy (non-hydrogen) atoms. The molecule has 0 unspecified atom stereocenters. The van der Waals surface area contributed by atoms with Gasteiger partial charge in [-0.3, -0.25) is 0 Å². The van der Waals surface area contributed by atoms with Gasteiger partial charge in [0.2, 0.25) is 0 Å². The minimum absolute atomic E-state index is 0.0797. The van der Waals surface area contributed by atoms with E-state index in [0.29, 0.717) is 0 Å². The van der Waals surface area contributed by atoms with Crippen LogP contribution in [0.1, 0.15) is 5.56 Å². The van der Waals surface area contributed by atoms with Crippen molar-refractivity contribution in [1.82, 2.24) is 0 Å². The fourth-order valence-corrected chi connectivity index (χ4v) is 3.51. The summed E-state index contributed by atoms with van der Waals surface area (Å²) in [5.41, 5.74) is 0.965. The van der Waals surface area contributed by atoms with E-state index in [1.54, 1.807) is 11.3 Å². The molecule has 0 amide bonds. The van der Waals surface area contributed by atoms with Gasteiger partial charge < -0.3 is 5.11 Å². The van der Waals surface area contributed by atoms with Crippen molar-refractivity contribution >= 4 is 55.6 Å². The van der Waals surface area contributed by atoms with Crippen LogP contribution in [0.2, 0.25) is 5.02 Å². The van der Waals surface area contributed by atoms with Gasteiger partial charge in [-0.25, -0.2) is 0 Å². The number of hydrogen-bond donors (Lipinski definition) is 1. The Morgan fingerprint density at radius 1 is 1.46 bits per heavy atom. The van der Waals surface area contributed by atoms with Crippen molar-refractivity contribution < 1.29 is 5.11 Å². The lowest BCUT2D eigenvalue weighted by Crippen LogP contribution is -1.82. The minimum atomic E-state index is 0.0797. The lowest BCUT2D eigenvalue weighted by molar-refractivity contribution is 0.284. The molecule has 1 aromatic carbocycles. The van der Waals surface area contributed by atoms with Crippen molar-refractivity contribution in [3.8, 4) is 0 Å². The zero-order valence-corrected chi connectivity index (χ0v) is 10.3. The van der Waals surface area contributed by atoms with Gasteiger partial charge in [-0.05, 0) is 45.7 Å². The van der Waals surface area contributed by atoms with Gasteiger partial charge in [0.25, 0.3) is 0 Å². The van der Waals surface area contributed by atoms with Crippen LogP contribution < -0.4 is 0 Å². The van der Waals surface area contributed by atoms with Gasteiger partial charge in [-0.2, -0.15) is 0 Å². The Morgan fingerprint density at radius 2 is 2.23 bits per heavy atom. The highest BCUT2D eigenvalue weighted by molar-refractivity contribution is 14.1. The molecule has 0 fully saturated rings. The molecule has 0 atom stereocenters. The highest BCUT2D eigenvalue weighted by Crippen LogP contribution is 2.35. The quantitative estimate of drug-likeness (QED) is 0.794. The first kappa shape index (κ1) is 9.71. The maximum Gasteiger partial charge on any atom is 0.0696 e. The molecule has 0 radical (unpaired) electrons. The second-order valence-corrected chi connectivity index (χ2v) is 5.10. The number of aliphatic hydroxyl groups is 1. The molecule has 1 N–H and O–H groups in total. The Bertz CT molecular complexity index is 452. The number of hydrogen-bond acceptors (Lipinski definition) is 2. The number of halogens is 2. The maximum absolute atomic E-state index is 9.10. The van der Waals surface area contributed by atoms with Crippen LogP contribution in [0.3, 0.4) is 0 Å². The Morgan fingerprint density at radius 3 is 2.92 bits per heavy atom. The van der Waals surface area contributed by atoms with Crippen molar-refractivity contribution in [2.75, 3.05) is 0 Å². The van der Waals surface area contributed by atoms with E-state index in [1.807, 2.05) is 17.5 Å². The maximum atomic E-state index is 9.10. The Labute approximate surface area is 98.5 Å². The summed E-state index contributed by atoms with van der Waals surface area (Å²) < 4.78 is 2.21. The third kappa shape index (κ3) is 1.58. The van der Waals surface area contributed by atoms with Gasteiger partial charge >= 0.3 is 0 Å². The van der Waals surface area contributed by atoms with Crippen LogP contribution in [0.25, 0.3) is 10.1 Å². The van der Waals surface area contributed by atoms with Crippen molar-refractivity contribution in [2.45, 2.75) is 6.61 Å². The zero-order valence-electron chi connectivity index (χ0n) is 6.55. The molecule has 68 valence electrons. The van der Waals surface area contributed by atoms with Gasteiger partial charge in [0.1, 0.15) is 0 Å². The van der Waals surface area contributed by atoms with Crippen LogP contribution >= 0.6 is 45.5 Å².